The lowest BCUT2D eigenvalue weighted by molar-refractivity contribution is 0.275. The maximum atomic E-state index is 10.8. The van der Waals surface area contributed by atoms with Crippen LogP contribution in [-0.2, 0) is 10.7 Å². The summed E-state index contributed by atoms with van der Waals surface area (Å²) in [6.45, 7) is 0. The average Bonchev–Trinajstić information content (AvgIpc) is 2.37. The molecule has 0 saturated heterocycles. The van der Waals surface area contributed by atoms with Crippen molar-refractivity contribution in [2.75, 3.05) is 0 Å². The monoisotopic (exact) mass is 426 g/mol. The molecule has 0 radical (unpaired) electrons. The lowest BCUT2D eigenvalue weighted by atomic mass is 10.1. The van der Waals surface area contributed by atoms with Crippen molar-refractivity contribution in [1.82, 2.24) is 0 Å². The van der Waals surface area contributed by atoms with E-state index in [1.807, 2.05) is 30.3 Å². The van der Waals surface area contributed by atoms with Gasteiger partial charge in [-0.1, -0.05) is 36.4 Å². The van der Waals surface area contributed by atoms with E-state index < -0.39 is 27.6 Å². The van der Waals surface area contributed by atoms with Gasteiger partial charge in [0.25, 0.3) is 0 Å². The Kier molecular flexibility index (Phi) is 6.43. The average molecular weight is 426 g/mol. The van der Waals surface area contributed by atoms with Crippen molar-refractivity contribution in [2.24, 2.45) is 0 Å². The molecule has 0 heterocycles. The molecule has 0 saturated carbocycles. The minimum absolute atomic E-state index is 0.0453. The first kappa shape index (κ1) is 17.7. The summed E-state index contributed by atoms with van der Waals surface area (Å²) in [5.41, 5.74) is 1.75. The second-order valence-corrected chi connectivity index (χ2v) is 7.19. The van der Waals surface area contributed by atoms with Gasteiger partial charge in [-0.2, -0.15) is 0 Å². The van der Waals surface area contributed by atoms with Crippen molar-refractivity contribution in [1.29, 1.82) is 0 Å². The van der Waals surface area contributed by atoms with Crippen LogP contribution in [0, 0.1) is 3.57 Å². The van der Waals surface area contributed by atoms with E-state index in [0.29, 0.717) is 0 Å². The van der Waals surface area contributed by atoms with Crippen LogP contribution in [0.4, 0.5) is 0 Å². The predicted octanol–water partition coefficient (Wildman–Crippen LogP) is 2.50. The number of phosphoric acid groups is 1. The summed E-state index contributed by atoms with van der Waals surface area (Å²) >= 11 is -3.60. The summed E-state index contributed by atoms with van der Waals surface area (Å²) in [5.74, 6) is -0.170. The van der Waals surface area contributed by atoms with Crippen LogP contribution < -0.4 is 0 Å². The molecule has 9 heteroatoms. The summed E-state index contributed by atoms with van der Waals surface area (Å²) < 4.78 is 30.6. The molecule has 0 unspecified atom stereocenters. The molecule has 0 spiro atoms. The van der Waals surface area contributed by atoms with Crippen LogP contribution in [0.5, 0.6) is 5.75 Å². The first-order valence-electron chi connectivity index (χ1n) is 5.40. The standard InChI is InChI=1S/C12H9IO3.H3O4P/c14-12-8-10(6-7-11(12)13(15)16)9-4-2-1-3-5-9;1-5(2,3)4/h1-8,14H;(H3,1,2,3,4). The van der Waals surface area contributed by atoms with Crippen LogP contribution in [0.3, 0.4) is 0 Å². The van der Waals surface area contributed by atoms with Gasteiger partial charge in [-0.15, -0.1) is 0 Å². The Balaban J connectivity index is 0.000000383. The van der Waals surface area contributed by atoms with Crippen molar-refractivity contribution in [3.8, 4) is 16.9 Å². The number of phenols is 1. The lowest BCUT2D eigenvalue weighted by Gasteiger charge is -2.02. The summed E-state index contributed by atoms with van der Waals surface area (Å²) in [7, 11) is -4.64. The van der Waals surface area contributed by atoms with Crippen LogP contribution in [0.15, 0.2) is 48.5 Å². The minimum atomic E-state index is -4.64. The molecular formula is C12H12IO7P. The summed E-state index contributed by atoms with van der Waals surface area (Å²) in [4.78, 5) is 21.6. The molecule has 0 aliphatic carbocycles. The van der Waals surface area contributed by atoms with Gasteiger partial charge in [0.2, 0.25) is 0 Å². The SMILES string of the molecule is O=I(=O)c1ccc(-c2ccccc2)cc1O.O=P(O)(O)O. The quantitative estimate of drug-likeness (QED) is 0.429. The van der Waals surface area contributed by atoms with Crippen LogP contribution in [0.1, 0.15) is 0 Å². The molecule has 0 amide bonds. The first-order valence-corrected chi connectivity index (χ1v) is 9.81. The smallest absolute Gasteiger partial charge is 0.466 e. The molecule has 7 nitrogen and oxygen atoms in total. The van der Waals surface area contributed by atoms with E-state index in [-0.39, 0.29) is 9.32 Å². The van der Waals surface area contributed by atoms with E-state index in [9.17, 15) is 11.2 Å². The van der Waals surface area contributed by atoms with Crippen molar-refractivity contribution >= 4 is 27.6 Å². The van der Waals surface area contributed by atoms with Crippen molar-refractivity contribution in [2.45, 2.75) is 0 Å². The molecule has 0 aliphatic heterocycles. The third-order valence-electron chi connectivity index (χ3n) is 2.22. The van der Waals surface area contributed by atoms with Crippen LogP contribution >= 0.6 is 27.6 Å². The Morgan fingerprint density at radius 2 is 1.38 bits per heavy atom. The number of hydrogen-bond donors (Lipinski definition) is 4. The first-order chi connectivity index (χ1) is 9.68. The minimum Gasteiger partial charge on any atom is -0.507 e. The molecule has 2 rings (SSSR count). The van der Waals surface area contributed by atoms with Crippen LogP contribution in [0.2, 0.25) is 0 Å². The lowest BCUT2D eigenvalue weighted by Crippen LogP contribution is -1.80. The van der Waals surface area contributed by atoms with E-state index in [2.05, 4.69) is 0 Å². The zero-order valence-corrected chi connectivity index (χ0v) is 13.5. The highest BCUT2D eigenvalue weighted by atomic mass is 127. The topological polar surface area (TPSA) is 132 Å². The fraction of sp³-hybridized carbons (Fsp3) is 0. The van der Waals surface area contributed by atoms with Gasteiger partial charge < -0.3 is 19.8 Å². The number of benzene rings is 2. The van der Waals surface area contributed by atoms with Gasteiger partial charge in [-0.05, 0) is 23.3 Å². The zero-order valence-electron chi connectivity index (χ0n) is 10.5. The third kappa shape index (κ3) is 6.78. The van der Waals surface area contributed by atoms with Crippen LogP contribution in [-0.4, -0.2) is 19.8 Å². The second kappa shape index (κ2) is 7.62. The van der Waals surface area contributed by atoms with Gasteiger partial charge in [-0.3, -0.25) is 0 Å². The summed E-state index contributed by atoms with van der Waals surface area (Å²) in [6, 6.07) is 14.1. The molecule has 2 aromatic carbocycles. The molecule has 0 aromatic heterocycles. The van der Waals surface area contributed by atoms with Gasteiger partial charge in [0.15, 0.2) is 0 Å². The van der Waals surface area contributed by atoms with Gasteiger partial charge >= 0.3 is 27.6 Å². The van der Waals surface area contributed by atoms with Crippen molar-refractivity contribution < 1.29 is 30.5 Å². The highest BCUT2D eigenvalue weighted by Gasteiger charge is 2.07. The molecular weight excluding hydrogens is 414 g/mol. The predicted molar refractivity (Wildman–Crippen MR) is 81.9 cm³/mol. The van der Waals surface area contributed by atoms with E-state index in [4.69, 9.17) is 19.2 Å². The Bertz CT molecular complexity index is 705. The maximum absolute atomic E-state index is 10.8. The van der Waals surface area contributed by atoms with E-state index >= 15 is 0 Å². The Morgan fingerprint density at radius 1 is 0.857 bits per heavy atom. The van der Waals surface area contributed by atoms with E-state index in [0.717, 1.165) is 11.1 Å². The van der Waals surface area contributed by atoms with Crippen molar-refractivity contribution in [3.63, 3.8) is 0 Å². The van der Waals surface area contributed by atoms with E-state index in [1.54, 1.807) is 6.07 Å². The fourth-order valence-electron chi connectivity index (χ4n) is 1.45. The number of hydrogen-bond acceptors (Lipinski definition) is 4. The normalized spacial score (nSPS) is 10.9. The maximum Gasteiger partial charge on any atom is 0.466 e. The van der Waals surface area contributed by atoms with Gasteiger partial charge in [0, 0.05) is 0 Å². The summed E-state index contributed by atoms with van der Waals surface area (Å²) in [5, 5.41) is 9.56. The molecule has 0 aliphatic rings. The molecule has 0 bridgehead atoms. The molecule has 21 heavy (non-hydrogen) atoms. The molecule has 2 aromatic rings. The largest absolute Gasteiger partial charge is 0.507 e. The van der Waals surface area contributed by atoms with Gasteiger partial charge in [0.05, 0.1) is 0 Å². The van der Waals surface area contributed by atoms with Crippen LogP contribution in [0.25, 0.3) is 11.1 Å². The third-order valence-corrected chi connectivity index (χ3v) is 4.08. The summed E-state index contributed by atoms with van der Waals surface area (Å²) in [6.07, 6.45) is 0. The number of phenolic OH excluding ortho intramolecular Hbond substituents is 1. The fourth-order valence-corrected chi connectivity index (χ4v) is 2.53. The Labute approximate surface area is 127 Å². The zero-order chi connectivity index (χ0) is 16.0. The highest BCUT2D eigenvalue weighted by Crippen LogP contribution is 2.31. The van der Waals surface area contributed by atoms with E-state index in [1.165, 1.54) is 12.1 Å². The Hall–Kier alpha value is -1.32. The molecule has 4 N–H and O–H groups in total. The van der Waals surface area contributed by atoms with Gasteiger partial charge in [0.1, 0.15) is 9.32 Å². The number of rotatable bonds is 2. The molecule has 0 fully saturated rings. The second-order valence-electron chi connectivity index (χ2n) is 3.76. The van der Waals surface area contributed by atoms with Gasteiger partial charge in [-0.25, -0.2) is 10.7 Å². The molecule has 0 atom stereocenters. The Morgan fingerprint density at radius 3 is 1.81 bits per heavy atom. The number of halogens is 1. The highest BCUT2D eigenvalue weighted by molar-refractivity contribution is 14.2. The number of aromatic hydroxyl groups is 1. The van der Waals surface area contributed by atoms with Crippen molar-refractivity contribution in [3.05, 3.63) is 52.1 Å². The molecule has 114 valence electrons.